The van der Waals surface area contributed by atoms with Crippen molar-refractivity contribution in [3.63, 3.8) is 0 Å². The van der Waals surface area contributed by atoms with Gasteiger partial charge in [-0.3, -0.25) is 14.6 Å². The third-order valence-electron chi connectivity index (χ3n) is 10.5. The SMILES string of the molecule is CCOc1cc(-c2nncn2C)c(-c2cc(NC3(CC#N)CC3)nc(N3Cc4c(cc(CN5CCC6(CC6)C5)cc4C(F)(F)F)C3=O)c2)cn1. The Hall–Kier alpha value is -5.03. The fourth-order valence-electron chi connectivity index (χ4n) is 7.40. The number of aryl methyl sites for hydroxylation is 1. The Kier molecular flexibility index (Phi) is 7.59. The maximum Gasteiger partial charge on any atom is 0.416 e. The summed E-state index contributed by atoms with van der Waals surface area (Å²) in [5.74, 6) is 0.958. The number of anilines is 2. The zero-order chi connectivity index (χ0) is 34.8. The number of nitrogens with one attached hydrogen (secondary N) is 1. The number of fused-ring (bicyclic) bond motifs is 1. The van der Waals surface area contributed by atoms with E-state index in [1.807, 2.05) is 14.0 Å². The second-order valence-electron chi connectivity index (χ2n) is 14.1. The van der Waals surface area contributed by atoms with Crippen LogP contribution in [0.2, 0.25) is 0 Å². The van der Waals surface area contributed by atoms with Crippen molar-refractivity contribution >= 4 is 17.5 Å². The smallest absolute Gasteiger partial charge is 0.416 e. The minimum Gasteiger partial charge on any atom is -0.478 e. The number of alkyl halides is 3. The highest BCUT2D eigenvalue weighted by Crippen LogP contribution is 2.53. The summed E-state index contributed by atoms with van der Waals surface area (Å²) in [5, 5.41) is 21.2. The number of hydrogen-bond acceptors (Lipinski definition) is 9. The highest BCUT2D eigenvalue weighted by molar-refractivity contribution is 6.10. The molecule has 1 aromatic carbocycles. The van der Waals surface area contributed by atoms with Crippen LogP contribution in [0.15, 0.2) is 42.9 Å². The Balaban J connectivity index is 1.21. The molecule has 258 valence electrons. The second kappa shape index (κ2) is 11.8. The quantitative estimate of drug-likeness (QED) is 0.203. The van der Waals surface area contributed by atoms with E-state index < -0.39 is 23.2 Å². The molecule has 2 saturated carbocycles. The number of halogens is 3. The van der Waals surface area contributed by atoms with Gasteiger partial charge in [0.25, 0.3) is 5.91 Å². The van der Waals surface area contributed by atoms with Crippen molar-refractivity contribution < 1.29 is 22.7 Å². The summed E-state index contributed by atoms with van der Waals surface area (Å²) in [5.41, 5.74) is 1.42. The second-order valence-corrected chi connectivity index (χ2v) is 14.1. The van der Waals surface area contributed by atoms with E-state index in [1.54, 1.807) is 41.4 Å². The monoisotopic (exact) mass is 683 g/mol. The molecule has 14 heteroatoms. The number of pyridine rings is 2. The van der Waals surface area contributed by atoms with Crippen LogP contribution in [0.25, 0.3) is 22.5 Å². The Morgan fingerprint density at radius 1 is 1.06 bits per heavy atom. The summed E-state index contributed by atoms with van der Waals surface area (Å²) >= 11 is 0. The molecule has 3 aromatic heterocycles. The summed E-state index contributed by atoms with van der Waals surface area (Å²) in [6.45, 7) is 4.05. The Morgan fingerprint density at radius 3 is 2.54 bits per heavy atom. The molecular formula is C36H36F3N9O2. The van der Waals surface area contributed by atoms with Gasteiger partial charge in [-0.15, -0.1) is 10.2 Å². The zero-order valence-corrected chi connectivity index (χ0v) is 27.8. The molecule has 50 heavy (non-hydrogen) atoms. The van der Waals surface area contributed by atoms with Crippen molar-refractivity contribution in [2.24, 2.45) is 12.5 Å². The van der Waals surface area contributed by atoms with E-state index in [9.17, 15) is 23.2 Å². The van der Waals surface area contributed by atoms with Gasteiger partial charge in [0.15, 0.2) is 5.82 Å². The van der Waals surface area contributed by atoms with E-state index in [1.165, 1.54) is 23.8 Å². The average Bonchev–Trinajstić information content (AvgIpc) is 3.87. The van der Waals surface area contributed by atoms with Gasteiger partial charge in [-0.1, -0.05) is 0 Å². The van der Waals surface area contributed by atoms with Gasteiger partial charge in [0.1, 0.15) is 18.0 Å². The molecule has 11 nitrogen and oxygen atoms in total. The normalized spacial score (nSPS) is 18.7. The summed E-state index contributed by atoms with van der Waals surface area (Å²) < 4.78 is 51.3. The Labute approximate surface area is 287 Å². The molecule has 1 amide bonds. The van der Waals surface area contributed by atoms with Crippen molar-refractivity contribution in [1.82, 2.24) is 29.6 Å². The standard InChI is InChI=1S/C36H36F3N9O2/c1-3-50-31-16-24(32-45-42-21-46(32)2)26(17-41-31)23-14-29(44-35(6-7-35)8-10-40)43-30(15-23)48-19-27-25(33(48)49)12-22(13-28(27)36(37,38)39)18-47-11-9-34(20-47)4-5-34/h12-17,21H,3-9,11,18-20H2,1-2H3,(H,43,44). The molecular weight excluding hydrogens is 647 g/mol. The predicted octanol–water partition coefficient (Wildman–Crippen LogP) is 6.36. The fourth-order valence-corrected chi connectivity index (χ4v) is 7.40. The number of aromatic nitrogens is 5. The number of carbonyl (C=O) groups is 1. The van der Waals surface area contributed by atoms with Crippen molar-refractivity contribution in [2.75, 3.05) is 29.9 Å². The molecule has 4 aromatic rings. The van der Waals surface area contributed by atoms with Crippen LogP contribution in [0.1, 0.15) is 72.5 Å². The lowest BCUT2D eigenvalue weighted by molar-refractivity contribution is -0.138. The molecule has 0 unspecified atom stereocenters. The van der Waals surface area contributed by atoms with Crippen LogP contribution in [-0.4, -0.2) is 60.8 Å². The summed E-state index contributed by atoms with van der Waals surface area (Å²) in [7, 11) is 1.81. The van der Waals surface area contributed by atoms with Crippen molar-refractivity contribution in [3.8, 4) is 34.5 Å². The number of rotatable bonds is 10. The van der Waals surface area contributed by atoms with E-state index in [0.717, 1.165) is 32.4 Å². The number of hydrogen-bond donors (Lipinski definition) is 1. The molecule has 0 atom stereocenters. The molecule has 1 saturated heterocycles. The first-order valence-corrected chi connectivity index (χ1v) is 16.9. The number of likely N-dealkylation sites (tertiary alicyclic amines) is 1. The van der Waals surface area contributed by atoms with E-state index >= 15 is 0 Å². The van der Waals surface area contributed by atoms with Crippen LogP contribution < -0.4 is 15.0 Å². The summed E-state index contributed by atoms with van der Waals surface area (Å²) in [6, 6.07) is 10.3. The third kappa shape index (κ3) is 5.93. The lowest BCUT2D eigenvalue weighted by Crippen LogP contribution is -2.26. The van der Waals surface area contributed by atoms with E-state index in [-0.39, 0.29) is 29.9 Å². The molecule has 2 aliphatic heterocycles. The minimum absolute atomic E-state index is 0.0440. The molecule has 1 spiro atoms. The van der Waals surface area contributed by atoms with Gasteiger partial charge in [0.05, 0.1) is 36.7 Å². The molecule has 2 aliphatic carbocycles. The molecule has 0 bridgehead atoms. The van der Waals surface area contributed by atoms with Crippen LogP contribution in [0.5, 0.6) is 5.88 Å². The molecule has 0 radical (unpaired) electrons. The minimum atomic E-state index is -4.64. The number of benzene rings is 1. The Bertz CT molecular complexity index is 2050. The average molecular weight is 684 g/mol. The number of amides is 1. The van der Waals surface area contributed by atoms with Gasteiger partial charge < -0.3 is 14.6 Å². The molecule has 5 heterocycles. The zero-order valence-electron chi connectivity index (χ0n) is 27.8. The first kappa shape index (κ1) is 32.2. The Morgan fingerprint density at radius 2 is 1.88 bits per heavy atom. The van der Waals surface area contributed by atoms with Crippen LogP contribution in [-0.2, 0) is 26.3 Å². The van der Waals surface area contributed by atoms with Crippen LogP contribution in [0.4, 0.5) is 24.8 Å². The largest absolute Gasteiger partial charge is 0.478 e. The molecule has 3 fully saturated rings. The maximum absolute atomic E-state index is 14.6. The van der Waals surface area contributed by atoms with Crippen LogP contribution in [0.3, 0.4) is 0 Å². The first-order valence-electron chi connectivity index (χ1n) is 16.9. The number of carbonyl (C=O) groups excluding carboxylic acids is 1. The van der Waals surface area contributed by atoms with Gasteiger partial charge >= 0.3 is 6.18 Å². The van der Waals surface area contributed by atoms with Crippen molar-refractivity contribution in [3.05, 3.63) is 65.1 Å². The van der Waals surface area contributed by atoms with E-state index in [0.29, 0.717) is 58.3 Å². The highest BCUT2D eigenvalue weighted by atomic mass is 19.4. The van der Waals surface area contributed by atoms with Crippen molar-refractivity contribution in [1.29, 1.82) is 5.26 Å². The molecule has 4 aliphatic rings. The summed E-state index contributed by atoms with van der Waals surface area (Å²) in [6.07, 6.45) is 3.75. The molecule has 1 N–H and O–H groups in total. The van der Waals surface area contributed by atoms with Crippen LogP contribution >= 0.6 is 0 Å². The van der Waals surface area contributed by atoms with Gasteiger partial charge in [0.2, 0.25) is 5.88 Å². The van der Waals surface area contributed by atoms with E-state index in [4.69, 9.17) is 9.72 Å². The van der Waals surface area contributed by atoms with E-state index in [2.05, 4.69) is 31.5 Å². The fraction of sp³-hybridized carbons (Fsp3) is 0.444. The van der Waals surface area contributed by atoms with Crippen LogP contribution in [0, 0.1) is 16.7 Å². The number of ether oxygens (including phenoxy) is 1. The van der Waals surface area contributed by atoms with Gasteiger partial charge in [-0.05, 0) is 91.9 Å². The van der Waals surface area contributed by atoms with Gasteiger partial charge in [0, 0.05) is 49.1 Å². The lowest BCUT2D eigenvalue weighted by atomic mass is 9.98. The maximum atomic E-state index is 14.6. The third-order valence-corrected chi connectivity index (χ3v) is 10.5. The number of nitriles is 1. The van der Waals surface area contributed by atoms with Crippen molar-refractivity contribution in [2.45, 2.75) is 70.3 Å². The molecule has 8 rings (SSSR count). The first-order chi connectivity index (χ1) is 24.0. The predicted molar refractivity (Wildman–Crippen MR) is 178 cm³/mol. The van der Waals surface area contributed by atoms with Gasteiger partial charge in [-0.25, -0.2) is 9.97 Å². The lowest BCUT2D eigenvalue weighted by Gasteiger charge is -2.21. The topological polar surface area (TPSA) is 125 Å². The van der Waals surface area contributed by atoms with Gasteiger partial charge in [-0.2, -0.15) is 18.4 Å². The number of nitrogens with zero attached hydrogens (tertiary/aromatic N) is 8. The summed E-state index contributed by atoms with van der Waals surface area (Å²) in [4.78, 5) is 26.9. The highest BCUT2D eigenvalue weighted by Gasteiger charge is 2.48.